The van der Waals surface area contributed by atoms with Gasteiger partial charge in [0, 0.05) is 0 Å². The lowest BCUT2D eigenvalue weighted by Gasteiger charge is -2.15. The number of rotatable bonds is 8. The van der Waals surface area contributed by atoms with Crippen molar-refractivity contribution in [1.29, 1.82) is 0 Å². The number of carbonyl (C=O) groups is 1. The molecular formula is C13H20N2O3. The van der Waals surface area contributed by atoms with Crippen LogP contribution in [-0.2, 0) is 11.2 Å². The van der Waals surface area contributed by atoms with Gasteiger partial charge in [0.1, 0.15) is 0 Å². The van der Waals surface area contributed by atoms with Gasteiger partial charge in [-0.05, 0) is 31.5 Å². The molecule has 1 amide bonds. The highest BCUT2D eigenvalue weighted by molar-refractivity contribution is 5.73. The Balaban J connectivity index is 2.83. The first-order valence-corrected chi connectivity index (χ1v) is 6.04. The van der Waals surface area contributed by atoms with Crippen molar-refractivity contribution < 1.29 is 14.3 Å². The van der Waals surface area contributed by atoms with E-state index in [1.807, 2.05) is 25.1 Å². The fourth-order valence-corrected chi connectivity index (χ4v) is 1.60. The molecule has 100 valence electrons. The van der Waals surface area contributed by atoms with Crippen molar-refractivity contribution in [2.24, 2.45) is 11.5 Å². The molecule has 0 aliphatic rings. The molecule has 0 radical (unpaired) electrons. The van der Waals surface area contributed by atoms with Crippen LogP contribution in [0.2, 0.25) is 0 Å². The zero-order valence-electron chi connectivity index (χ0n) is 10.6. The van der Waals surface area contributed by atoms with Crippen LogP contribution >= 0.6 is 0 Å². The first kappa shape index (κ1) is 14.3. The molecule has 5 heteroatoms. The third-order valence-corrected chi connectivity index (χ3v) is 2.37. The second-order valence-corrected chi connectivity index (χ2v) is 3.78. The van der Waals surface area contributed by atoms with E-state index in [-0.39, 0.29) is 18.9 Å². The standard InChI is InChI=1S/C13H20N2O3/c1-2-17-11-5-3-4-10(6-8-14)13(11)18-9-7-12(15)16/h3-5H,2,6-9,14H2,1H3,(H2,15,16). The Labute approximate surface area is 107 Å². The molecule has 1 aromatic rings. The number of ether oxygens (including phenoxy) is 2. The topological polar surface area (TPSA) is 87.6 Å². The molecule has 0 bridgehead atoms. The number of primary amides is 1. The smallest absolute Gasteiger partial charge is 0.220 e. The van der Waals surface area contributed by atoms with E-state index in [9.17, 15) is 4.79 Å². The quantitative estimate of drug-likeness (QED) is 0.717. The minimum Gasteiger partial charge on any atom is -0.490 e. The number of benzene rings is 1. The summed E-state index contributed by atoms with van der Waals surface area (Å²) in [5.41, 5.74) is 11.6. The van der Waals surface area contributed by atoms with E-state index >= 15 is 0 Å². The minimum absolute atomic E-state index is 0.183. The molecule has 0 unspecified atom stereocenters. The highest BCUT2D eigenvalue weighted by Gasteiger charge is 2.10. The number of amides is 1. The summed E-state index contributed by atoms with van der Waals surface area (Å²) in [6, 6.07) is 5.68. The number of para-hydroxylation sites is 1. The Bertz CT molecular complexity index is 370. The van der Waals surface area contributed by atoms with Gasteiger partial charge >= 0.3 is 0 Å². The molecule has 0 heterocycles. The van der Waals surface area contributed by atoms with Gasteiger partial charge in [-0.25, -0.2) is 0 Å². The molecule has 0 aliphatic carbocycles. The van der Waals surface area contributed by atoms with Crippen LogP contribution in [0.4, 0.5) is 0 Å². The van der Waals surface area contributed by atoms with Gasteiger partial charge < -0.3 is 20.9 Å². The summed E-state index contributed by atoms with van der Waals surface area (Å²) in [6.45, 7) is 3.24. The molecule has 4 N–H and O–H groups in total. The first-order chi connectivity index (χ1) is 8.69. The van der Waals surface area contributed by atoms with Crippen LogP contribution in [0.3, 0.4) is 0 Å². The zero-order chi connectivity index (χ0) is 13.4. The lowest BCUT2D eigenvalue weighted by molar-refractivity contribution is -0.118. The van der Waals surface area contributed by atoms with Crippen LogP contribution in [0.1, 0.15) is 18.9 Å². The summed E-state index contributed by atoms with van der Waals surface area (Å²) in [7, 11) is 0. The molecule has 1 aromatic carbocycles. The van der Waals surface area contributed by atoms with Gasteiger partial charge in [-0.2, -0.15) is 0 Å². The SMILES string of the molecule is CCOc1cccc(CCN)c1OCCC(N)=O. The van der Waals surface area contributed by atoms with Gasteiger partial charge in [0.25, 0.3) is 0 Å². The van der Waals surface area contributed by atoms with Crippen LogP contribution in [-0.4, -0.2) is 25.7 Å². The molecule has 5 nitrogen and oxygen atoms in total. The predicted molar refractivity (Wildman–Crippen MR) is 69.7 cm³/mol. The summed E-state index contributed by atoms with van der Waals surface area (Å²) in [5.74, 6) is 0.947. The second kappa shape index (κ2) is 7.55. The van der Waals surface area contributed by atoms with E-state index in [1.165, 1.54) is 0 Å². The van der Waals surface area contributed by atoms with Gasteiger partial charge in [0.05, 0.1) is 19.6 Å². The Morgan fingerprint density at radius 3 is 2.72 bits per heavy atom. The molecule has 0 saturated heterocycles. The molecule has 1 rings (SSSR count). The van der Waals surface area contributed by atoms with Crippen molar-refractivity contribution in [3.63, 3.8) is 0 Å². The van der Waals surface area contributed by atoms with Crippen LogP contribution in [0.15, 0.2) is 18.2 Å². The Kier molecular flexibility index (Phi) is 6.00. The monoisotopic (exact) mass is 252 g/mol. The van der Waals surface area contributed by atoms with E-state index in [1.54, 1.807) is 0 Å². The van der Waals surface area contributed by atoms with Crippen LogP contribution < -0.4 is 20.9 Å². The predicted octanol–water partition coefficient (Wildman–Crippen LogP) is 0.841. The zero-order valence-corrected chi connectivity index (χ0v) is 10.6. The number of carbonyl (C=O) groups excluding carboxylic acids is 1. The number of nitrogens with two attached hydrogens (primary N) is 2. The van der Waals surface area contributed by atoms with E-state index in [4.69, 9.17) is 20.9 Å². The Morgan fingerprint density at radius 2 is 2.11 bits per heavy atom. The maximum atomic E-state index is 10.7. The van der Waals surface area contributed by atoms with E-state index in [0.717, 1.165) is 5.56 Å². The minimum atomic E-state index is -0.385. The maximum absolute atomic E-state index is 10.7. The maximum Gasteiger partial charge on any atom is 0.220 e. The Hall–Kier alpha value is -1.75. The number of hydrogen-bond donors (Lipinski definition) is 2. The highest BCUT2D eigenvalue weighted by Crippen LogP contribution is 2.31. The molecular weight excluding hydrogens is 232 g/mol. The largest absolute Gasteiger partial charge is 0.490 e. The summed E-state index contributed by atoms with van der Waals surface area (Å²) in [6.07, 6.45) is 0.884. The summed E-state index contributed by atoms with van der Waals surface area (Å²) in [4.78, 5) is 10.7. The third-order valence-electron chi connectivity index (χ3n) is 2.37. The van der Waals surface area contributed by atoms with Gasteiger partial charge in [0.2, 0.25) is 5.91 Å². The van der Waals surface area contributed by atoms with Crippen molar-refractivity contribution in [1.82, 2.24) is 0 Å². The molecule has 0 aliphatic heterocycles. The second-order valence-electron chi connectivity index (χ2n) is 3.78. The molecule has 0 fully saturated rings. The summed E-state index contributed by atoms with van der Waals surface area (Å²) < 4.78 is 11.1. The first-order valence-electron chi connectivity index (χ1n) is 6.04. The van der Waals surface area contributed by atoms with Gasteiger partial charge in [-0.3, -0.25) is 4.79 Å². The van der Waals surface area contributed by atoms with E-state index < -0.39 is 0 Å². The van der Waals surface area contributed by atoms with Crippen LogP contribution in [0, 0.1) is 0 Å². The molecule has 18 heavy (non-hydrogen) atoms. The molecule has 0 atom stereocenters. The molecule has 0 aromatic heterocycles. The van der Waals surface area contributed by atoms with Crippen molar-refractivity contribution in [2.45, 2.75) is 19.8 Å². The van der Waals surface area contributed by atoms with E-state index in [0.29, 0.717) is 31.1 Å². The summed E-state index contributed by atoms with van der Waals surface area (Å²) in [5, 5.41) is 0. The van der Waals surface area contributed by atoms with Crippen LogP contribution in [0.5, 0.6) is 11.5 Å². The van der Waals surface area contributed by atoms with Gasteiger partial charge in [-0.1, -0.05) is 12.1 Å². The van der Waals surface area contributed by atoms with Crippen molar-refractivity contribution in [3.8, 4) is 11.5 Å². The van der Waals surface area contributed by atoms with Crippen molar-refractivity contribution >= 4 is 5.91 Å². The molecule has 0 spiro atoms. The van der Waals surface area contributed by atoms with Crippen molar-refractivity contribution in [2.75, 3.05) is 19.8 Å². The fraction of sp³-hybridized carbons (Fsp3) is 0.462. The normalized spacial score (nSPS) is 10.1. The highest BCUT2D eigenvalue weighted by atomic mass is 16.5. The van der Waals surface area contributed by atoms with Crippen LogP contribution in [0.25, 0.3) is 0 Å². The molecule has 0 saturated carbocycles. The van der Waals surface area contributed by atoms with Crippen molar-refractivity contribution in [3.05, 3.63) is 23.8 Å². The average molecular weight is 252 g/mol. The van der Waals surface area contributed by atoms with E-state index in [2.05, 4.69) is 0 Å². The third kappa shape index (κ3) is 4.25. The average Bonchev–Trinajstić information content (AvgIpc) is 2.32. The lowest BCUT2D eigenvalue weighted by atomic mass is 10.1. The number of hydrogen-bond acceptors (Lipinski definition) is 4. The Morgan fingerprint density at radius 1 is 1.33 bits per heavy atom. The lowest BCUT2D eigenvalue weighted by Crippen LogP contribution is -2.15. The van der Waals surface area contributed by atoms with Gasteiger partial charge in [-0.15, -0.1) is 0 Å². The van der Waals surface area contributed by atoms with Gasteiger partial charge in [0.15, 0.2) is 11.5 Å². The summed E-state index contributed by atoms with van der Waals surface area (Å²) >= 11 is 0. The fourth-order valence-electron chi connectivity index (χ4n) is 1.60.